The molecular formula is C38H42F3N5O4. The summed E-state index contributed by atoms with van der Waals surface area (Å²) in [4.78, 5) is 32.4. The zero-order valence-corrected chi connectivity index (χ0v) is 28.0. The van der Waals surface area contributed by atoms with Gasteiger partial charge in [-0.1, -0.05) is 80.6 Å². The minimum atomic E-state index is -5.08. The molecule has 4 aromatic rings. The SMILES string of the molecule is CC(C)c1cccc(C2(NC[C@@H](O)[C@H](Cc3ccc(Nc4cc(-c5ccccc5)ncn4)cc3)N3CCCC3=O)CC2)c1.O=C(O)C(F)(F)F. The fraction of sp³-hybridized carbons (Fsp3) is 0.368. The van der Waals surface area contributed by atoms with Crippen molar-refractivity contribution in [2.75, 3.05) is 18.4 Å². The van der Waals surface area contributed by atoms with Crippen molar-refractivity contribution in [2.24, 2.45) is 0 Å². The molecule has 0 radical (unpaired) electrons. The van der Waals surface area contributed by atoms with Crippen LogP contribution >= 0.6 is 0 Å². The van der Waals surface area contributed by atoms with Crippen molar-refractivity contribution in [2.45, 2.75) is 75.7 Å². The van der Waals surface area contributed by atoms with Crippen LogP contribution in [0.1, 0.15) is 62.1 Å². The van der Waals surface area contributed by atoms with Gasteiger partial charge in [-0.2, -0.15) is 13.2 Å². The minimum absolute atomic E-state index is 0.0832. The van der Waals surface area contributed by atoms with Gasteiger partial charge >= 0.3 is 12.1 Å². The number of benzene rings is 3. The Morgan fingerprint density at radius 3 is 2.28 bits per heavy atom. The van der Waals surface area contributed by atoms with Crippen molar-refractivity contribution in [1.82, 2.24) is 20.2 Å². The van der Waals surface area contributed by atoms with Gasteiger partial charge in [-0.3, -0.25) is 4.79 Å². The molecule has 3 aromatic carbocycles. The van der Waals surface area contributed by atoms with Crippen LogP contribution in [0.5, 0.6) is 0 Å². The van der Waals surface area contributed by atoms with Gasteiger partial charge in [0.2, 0.25) is 5.91 Å². The van der Waals surface area contributed by atoms with Gasteiger partial charge in [-0.25, -0.2) is 14.8 Å². The molecule has 4 N–H and O–H groups in total. The van der Waals surface area contributed by atoms with E-state index in [0.29, 0.717) is 31.8 Å². The standard InChI is InChI=1S/C36H41N5O2.C2HF3O2/c1-25(2)28-10-6-11-29(21-28)36(17-18-36)39-23-33(42)32(41-19-7-12-35(41)43)20-26-13-15-30(16-14-26)40-34-22-31(37-24-38-34)27-8-4-3-5-9-27;3-2(4,5)1(6)7/h3-6,8-11,13-16,21-22,24-25,32-33,39,42H,7,12,17-20,23H2,1-2H3,(H,37,38,40);(H,6,7)/t32-,33+;/m0./s1. The summed E-state index contributed by atoms with van der Waals surface area (Å²) in [6.45, 7) is 5.57. The number of nitrogens with zero attached hydrogens (tertiary/aromatic N) is 3. The summed E-state index contributed by atoms with van der Waals surface area (Å²) >= 11 is 0. The smallest absolute Gasteiger partial charge is 0.475 e. The van der Waals surface area contributed by atoms with Crippen molar-refractivity contribution >= 4 is 23.4 Å². The number of rotatable bonds is 12. The molecule has 2 aliphatic rings. The fourth-order valence-corrected chi connectivity index (χ4v) is 6.10. The second-order valence-corrected chi connectivity index (χ2v) is 13.1. The van der Waals surface area contributed by atoms with Crippen LogP contribution in [0.2, 0.25) is 0 Å². The molecule has 0 unspecified atom stereocenters. The maximum Gasteiger partial charge on any atom is 0.490 e. The number of carbonyl (C=O) groups excluding carboxylic acids is 1. The van der Waals surface area contributed by atoms with Crippen LogP contribution in [0.3, 0.4) is 0 Å². The summed E-state index contributed by atoms with van der Waals surface area (Å²) < 4.78 is 31.7. The third-order valence-corrected chi connectivity index (χ3v) is 9.11. The number of alkyl halides is 3. The maximum absolute atomic E-state index is 12.8. The Kier molecular flexibility index (Phi) is 11.5. The first kappa shape index (κ1) is 36.5. The van der Waals surface area contributed by atoms with E-state index in [1.807, 2.05) is 53.4 Å². The summed E-state index contributed by atoms with van der Waals surface area (Å²) in [5.41, 5.74) is 6.43. The second kappa shape index (κ2) is 15.8. The summed E-state index contributed by atoms with van der Waals surface area (Å²) in [5, 5.41) is 25.7. The van der Waals surface area contributed by atoms with E-state index in [9.17, 15) is 23.1 Å². The molecule has 12 heteroatoms. The molecule has 6 rings (SSSR count). The summed E-state index contributed by atoms with van der Waals surface area (Å²) in [6, 6.07) is 28.7. The van der Waals surface area contributed by atoms with E-state index >= 15 is 0 Å². The topological polar surface area (TPSA) is 128 Å². The number of carbonyl (C=O) groups is 2. The molecule has 1 aliphatic heterocycles. The average Bonchev–Trinajstić information content (AvgIpc) is 3.79. The average molecular weight is 690 g/mol. The molecule has 1 aromatic heterocycles. The molecule has 1 saturated carbocycles. The molecule has 9 nitrogen and oxygen atoms in total. The highest BCUT2D eigenvalue weighted by molar-refractivity contribution is 5.78. The summed E-state index contributed by atoms with van der Waals surface area (Å²) in [7, 11) is 0. The number of amides is 1. The number of carboxylic acids is 1. The van der Waals surface area contributed by atoms with Crippen molar-refractivity contribution in [3.8, 4) is 11.3 Å². The number of aromatic nitrogens is 2. The molecule has 1 aliphatic carbocycles. The molecule has 50 heavy (non-hydrogen) atoms. The number of aliphatic hydroxyl groups is 1. The zero-order chi connectivity index (χ0) is 35.9. The minimum Gasteiger partial charge on any atom is -0.475 e. The Morgan fingerprint density at radius 2 is 1.68 bits per heavy atom. The Hall–Kier alpha value is -4.81. The van der Waals surface area contributed by atoms with Crippen molar-refractivity contribution in [3.05, 3.63) is 108 Å². The number of carboxylic acid groups (broad SMARTS) is 1. The number of aliphatic carboxylic acids is 1. The largest absolute Gasteiger partial charge is 0.490 e. The van der Waals surface area contributed by atoms with E-state index in [4.69, 9.17) is 9.90 Å². The lowest BCUT2D eigenvalue weighted by atomic mass is 9.95. The third kappa shape index (κ3) is 9.45. The molecule has 2 atom stereocenters. The predicted molar refractivity (Wildman–Crippen MR) is 185 cm³/mol. The monoisotopic (exact) mass is 689 g/mol. The molecule has 0 bridgehead atoms. The van der Waals surface area contributed by atoms with Gasteiger partial charge in [0.1, 0.15) is 12.1 Å². The third-order valence-electron chi connectivity index (χ3n) is 9.11. The van der Waals surface area contributed by atoms with E-state index in [2.05, 4.69) is 70.8 Å². The number of likely N-dealkylation sites (tertiary alicyclic amines) is 1. The van der Waals surface area contributed by atoms with Crippen LogP contribution in [0.4, 0.5) is 24.7 Å². The lowest BCUT2D eigenvalue weighted by molar-refractivity contribution is -0.192. The number of hydrogen-bond acceptors (Lipinski definition) is 7. The normalized spacial score (nSPS) is 16.4. The Labute approximate surface area is 289 Å². The molecule has 2 heterocycles. The first-order chi connectivity index (χ1) is 23.8. The first-order valence-corrected chi connectivity index (χ1v) is 16.7. The van der Waals surface area contributed by atoms with E-state index in [1.165, 1.54) is 11.1 Å². The molecular weight excluding hydrogens is 647 g/mol. The number of aliphatic hydroxyl groups excluding tert-OH is 1. The van der Waals surface area contributed by atoms with Gasteiger partial charge in [-0.05, 0) is 60.4 Å². The number of hydrogen-bond donors (Lipinski definition) is 4. The molecule has 1 amide bonds. The van der Waals surface area contributed by atoms with E-state index < -0.39 is 18.2 Å². The molecule has 0 spiro atoms. The van der Waals surface area contributed by atoms with Crippen LogP contribution in [-0.4, -0.2) is 68.4 Å². The lowest BCUT2D eigenvalue weighted by Gasteiger charge is -2.33. The fourth-order valence-electron chi connectivity index (χ4n) is 6.10. The maximum atomic E-state index is 12.8. The first-order valence-electron chi connectivity index (χ1n) is 16.7. The quantitative estimate of drug-likeness (QED) is 0.128. The highest BCUT2D eigenvalue weighted by atomic mass is 19.4. The van der Waals surface area contributed by atoms with Crippen LogP contribution in [0.25, 0.3) is 11.3 Å². The van der Waals surface area contributed by atoms with Gasteiger partial charge < -0.3 is 25.7 Å². The summed E-state index contributed by atoms with van der Waals surface area (Å²) in [5.74, 6) is -1.43. The van der Waals surface area contributed by atoms with Crippen molar-refractivity contribution in [3.63, 3.8) is 0 Å². The molecule has 264 valence electrons. The van der Waals surface area contributed by atoms with Crippen LogP contribution < -0.4 is 10.6 Å². The van der Waals surface area contributed by atoms with Crippen LogP contribution in [0.15, 0.2) is 91.3 Å². The highest BCUT2D eigenvalue weighted by Crippen LogP contribution is 2.46. The van der Waals surface area contributed by atoms with Gasteiger partial charge in [0.05, 0.1) is 17.8 Å². The number of anilines is 2. The van der Waals surface area contributed by atoms with E-state index in [0.717, 1.165) is 47.6 Å². The van der Waals surface area contributed by atoms with Gasteiger partial charge in [0.15, 0.2) is 0 Å². The lowest BCUT2D eigenvalue weighted by Crippen LogP contribution is -2.50. The van der Waals surface area contributed by atoms with Gasteiger partial charge in [0.25, 0.3) is 0 Å². The predicted octanol–water partition coefficient (Wildman–Crippen LogP) is 6.82. The van der Waals surface area contributed by atoms with Crippen LogP contribution in [-0.2, 0) is 21.5 Å². The zero-order valence-electron chi connectivity index (χ0n) is 28.0. The van der Waals surface area contributed by atoms with Crippen molar-refractivity contribution in [1.29, 1.82) is 0 Å². The highest BCUT2D eigenvalue weighted by Gasteiger charge is 2.45. The second-order valence-electron chi connectivity index (χ2n) is 13.1. The Balaban J connectivity index is 0.000000630. The van der Waals surface area contributed by atoms with Crippen molar-refractivity contribution < 1.29 is 33.0 Å². The number of nitrogens with one attached hydrogen (secondary N) is 2. The molecule has 2 fully saturated rings. The Bertz CT molecular complexity index is 1750. The van der Waals surface area contributed by atoms with E-state index in [-0.39, 0.29) is 17.5 Å². The van der Waals surface area contributed by atoms with Gasteiger partial charge in [-0.15, -0.1) is 0 Å². The van der Waals surface area contributed by atoms with Crippen LogP contribution in [0, 0.1) is 0 Å². The summed E-state index contributed by atoms with van der Waals surface area (Å²) in [6.07, 6.45) is -0.0912. The van der Waals surface area contributed by atoms with Gasteiger partial charge in [0, 0.05) is 42.4 Å². The molecule has 1 saturated heterocycles. The van der Waals surface area contributed by atoms with E-state index in [1.54, 1.807) is 6.33 Å². The number of halogens is 3. The Morgan fingerprint density at radius 1 is 0.980 bits per heavy atom.